The molecule has 0 atom stereocenters. The number of hydrogen-bond donors (Lipinski definition) is 0. The standard InChI is InChI=1S/C11H11NO2/c1-12-8-10(14-11(12)13)7-9-5-3-2-4-6-9/h2-7H,8H2,1H3. The van der Waals surface area contributed by atoms with Crippen LogP contribution in [0, 0.1) is 0 Å². The Labute approximate surface area is 82.6 Å². The third kappa shape index (κ3) is 1.76. The first-order chi connectivity index (χ1) is 6.75. The smallest absolute Gasteiger partial charge is 0.413 e. The maximum absolute atomic E-state index is 11.0. The molecule has 1 aliphatic rings. The Kier molecular flexibility index (Phi) is 2.23. The number of carbonyl (C=O) groups excluding carboxylic acids is 1. The Bertz CT molecular complexity index is 370. The molecule has 1 fully saturated rings. The van der Waals surface area contributed by atoms with Crippen LogP contribution < -0.4 is 0 Å². The van der Waals surface area contributed by atoms with Gasteiger partial charge in [0.15, 0.2) is 0 Å². The highest BCUT2D eigenvalue weighted by Crippen LogP contribution is 2.15. The largest absolute Gasteiger partial charge is 0.415 e. The lowest BCUT2D eigenvalue weighted by atomic mass is 10.2. The molecule has 1 saturated heterocycles. The van der Waals surface area contributed by atoms with Crippen molar-refractivity contribution < 1.29 is 9.53 Å². The van der Waals surface area contributed by atoms with E-state index in [9.17, 15) is 4.79 Å². The molecular formula is C11H11NO2. The summed E-state index contributed by atoms with van der Waals surface area (Å²) in [6.07, 6.45) is 1.59. The summed E-state index contributed by atoms with van der Waals surface area (Å²) in [5.74, 6) is 0.698. The molecule has 1 aromatic rings. The lowest BCUT2D eigenvalue weighted by Gasteiger charge is -1.98. The first kappa shape index (κ1) is 8.81. The number of likely N-dealkylation sites (N-methyl/N-ethyl adjacent to an activating group) is 1. The van der Waals surface area contributed by atoms with Crippen LogP contribution in [-0.4, -0.2) is 24.6 Å². The van der Waals surface area contributed by atoms with Crippen LogP contribution in [-0.2, 0) is 4.74 Å². The number of hydrogen-bond acceptors (Lipinski definition) is 2. The van der Waals surface area contributed by atoms with Gasteiger partial charge in [0.2, 0.25) is 0 Å². The van der Waals surface area contributed by atoms with Gasteiger partial charge in [0.1, 0.15) is 5.76 Å². The number of amides is 1. The number of rotatable bonds is 1. The van der Waals surface area contributed by atoms with Gasteiger partial charge >= 0.3 is 6.09 Å². The fourth-order valence-electron chi connectivity index (χ4n) is 1.33. The molecule has 0 saturated carbocycles. The minimum absolute atomic E-state index is 0.285. The van der Waals surface area contributed by atoms with Crippen LogP contribution >= 0.6 is 0 Å². The van der Waals surface area contributed by atoms with Crippen LogP contribution in [0.1, 0.15) is 5.56 Å². The second-order valence-electron chi connectivity index (χ2n) is 3.25. The van der Waals surface area contributed by atoms with Gasteiger partial charge in [0.05, 0.1) is 6.54 Å². The van der Waals surface area contributed by atoms with Crippen LogP contribution in [0.3, 0.4) is 0 Å². The summed E-state index contributed by atoms with van der Waals surface area (Å²) in [6.45, 7) is 0.549. The topological polar surface area (TPSA) is 29.5 Å². The molecule has 1 aliphatic heterocycles. The van der Waals surface area contributed by atoms with E-state index in [2.05, 4.69) is 0 Å². The van der Waals surface area contributed by atoms with Gasteiger partial charge in [-0.1, -0.05) is 30.3 Å². The predicted octanol–water partition coefficient (Wildman–Crippen LogP) is 2.11. The monoisotopic (exact) mass is 189 g/mol. The molecule has 0 bridgehead atoms. The third-order valence-corrected chi connectivity index (χ3v) is 2.05. The molecular weight excluding hydrogens is 178 g/mol. The Balaban J connectivity index is 2.17. The fraction of sp³-hybridized carbons (Fsp3) is 0.182. The SMILES string of the molecule is CN1CC(=Cc2ccccc2)OC1=O. The highest BCUT2D eigenvalue weighted by atomic mass is 16.6. The second-order valence-corrected chi connectivity index (χ2v) is 3.25. The summed E-state index contributed by atoms with van der Waals surface area (Å²) in [7, 11) is 1.72. The molecule has 3 heteroatoms. The number of ether oxygens (including phenoxy) is 1. The van der Waals surface area contributed by atoms with Crippen molar-refractivity contribution in [1.29, 1.82) is 0 Å². The molecule has 0 radical (unpaired) electrons. The summed E-state index contributed by atoms with van der Waals surface area (Å²) in [5.41, 5.74) is 1.05. The molecule has 0 spiro atoms. The van der Waals surface area contributed by atoms with E-state index in [1.165, 1.54) is 4.90 Å². The second kappa shape index (κ2) is 3.54. The molecule has 1 amide bonds. The maximum Gasteiger partial charge on any atom is 0.415 e. The van der Waals surface area contributed by atoms with E-state index in [4.69, 9.17) is 4.74 Å². The molecule has 3 nitrogen and oxygen atoms in total. The first-order valence-electron chi connectivity index (χ1n) is 4.44. The van der Waals surface area contributed by atoms with Gasteiger partial charge in [-0.3, -0.25) is 0 Å². The van der Waals surface area contributed by atoms with E-state index in [0.717, 1.165) is 5.56 Å². The molecule has 72 valence electrons. The number of carbonyl (C=O) groups is 1. The zero-order chi connectivity index (χ0) is 9.97. The van der Waals surface area contributed by atoms with Crippen molar-refractivity contribution in [2.75, 3.05) is 13.6 Å². The Morgan fingerprint density at radius 2 is 2.07 bits per heavy atom. The summed E-state index contributed by atoms with van der Waals surface area (Å²) in [5, 5.41) is 0. The van der Waals surface area contributed by atoms with E-state index in [0.29, 0.717) is 12.3 Å². The van der Waals surface area contributed by atoms with E-state index in [1.54, 1.807) is 7.05 Å². The van der Waals surface area contributed by atoms with Crippen LogP contribution in [0.2, 0.25) is 0 Å². The predicted molar refractivity (Wildman–Crippen MR) is 53.5 cm³/mol. The van der Waals surface area contributed by atoms with E-state index < -0.39 is 0 Å². The zero-order valence-corrected chi connectivity index (χ0v) is 7.93. The minimum atomic E-state index is -0.285. The van der Waals surface area contributed by atoms with Gasteiger partial charge in [0, 0.05) is 7.05 Å². The highest BCUT2D eigenvalue weighted by molar-refractivity contribution is 5.73. The van der Waals surface area contributed by atoms with Crippen LogP contribution in [0.15, 0.2) is 36.1 Å². The van der Waals surface area contributed by atoms with Gasteiger partial charge in [-0.2, -0.15) is 0 Å². The molecule has 0 aliphatic carbocycles. The van der Waals surface area contributed by atoms with Crippen LogP contribution in [0.5, 0.6) is 0 Å². The average Bonchev–Trinajstić information content (AvgIpc) is 2.47. The third-order valence-electron chi connectivity index (χ3n) is 2.05. The zero-order valence-electron chi connectivity index (χ0n) is 7.93. The average molecular weight is 189 g/mol. The van der Waals surface area contributed by atoms with E-state index in [-0.39, 0.29) is 6.09 Å². The van der Waals surface area contributed by atoms with Crippen molar-refractivity contribution >= 4 is 12.2 Å². The summed E-state index contributed by atoms with van der Waals surface area (Å²) in [4.78, 5) is 12.6. The van der Waals surface area contributed by atoms with Crippen molar-refractivity contribution in [2.24, 2.45) is 0 Å². The fourth-order valence-corrected chi connectivity index (χ4v) is 1.33. The van der Waals surface area contributed by atoms with Crippen molar-refractivity contribution in [3.05, 3.63) is 41.7 Å². The van der Waals surface area contributed by atoms with Crippen molar-refractivity contribution in [3.63, 3.8) is 0 Å². The summed E-state index contributed by atoms with van der Waals surface area (Å²) < 4.78 is 5.03. The van der Waals surface area contributed by atoms with Gasteiger partial charge in [-0.05, 0) is 11.6 Å². The minimum Gasteiger partial charge on any atom is -0.413 e. The lowest BCUT2D eigenvalue weighted by molar-refractivity contribution is 0.175. The summed E-state index contributed by atoms with van der Waals surface area (Å²) in [6, 6.07) is 9.80. The number of nitrogens with zero attached hydrogens (tertiary/aromatic N) is 1. The van der Waals surface area contributed by atoms with Gasteiger partial charge in [-0.15, -0.1) is 0 Å². The quantitative estimate of drug-likeness (QED) is 0.677. The van der Waals surface area contributed by atoms with Crippen molar-refractivity contribution in [1.82, 2.24) is 4.90 Å². The van der Waals surface area contributed by atoms with Crippen LogP contribution in [0.4, 0.5) is 4.79 Å². The molecule has 1 aromatic carbocycles. The van der Waals surface area contributed by atoms with Crippen molar-refractivity contribution in [2.45, 2.75) is 0 Å². The van der Waals surface area contributed by atoms with E-state index in [1.807, 2.05) is 36.4 Å². The molecule has 0 unspecified atom stereocenters. The normalized spacial score (nSPS) is 18.8. The van der Waals surface area contributed by atoms with E-state index >= 15 is 0 Å². The van der Waals surface area contributed by atoms with Crippen molar-refractivity contribution in [3.8, 4) is 0 Å². The Morgan fingerprint density at radius 1 is 1.36 bits per heavy atom. The van der Waals surface area contributed by atoms with Gasteiger partial charge in [0.25, 0.3) is 0 Å². The summed E-state index contributed by atoms with van der Waals surface area (Å²) >= 11 is 0. The Morgan fingerprint density at radius 3 is 2.64 bits per heavy atom. The number of benzene rings is 1. The highest BCUT2D eigenvalue weighted by Gasteiger charge is 2.22. The number of cyclic esters (lactones) is 1. The molecule has 0 aromatic heterocycles. The molecule has 0 N–H and O–H groups in total. The lowest BCUT2D eigenvalue weighted by Crippen LogP contribution is -2.17. The molecule has 2 rings (SSSR count). The van der Waals surface area contributed by atoms with Gasteiger partial charge < -0.3 is 9.64 Å². The first-order valence-corrected chi connectivity index (χ1v) is 4.44. The Hall–Kier alpha value is -1.77. The maximum atomic E-state index is 11.0. The molecule has 1 heterocycles. The van der Waals surface area contributed by atoms with Crippen LogP contribution in [0.25, 0.3) is 6.08 Å². The van der Waals surface area contributed by atoms with Gasteiger partial charge in [-0.25, -0.2) is 4.79 Å². The molecule has 14 heavy (non-hydrogen) atoms.